The molecule has 1 aliphatic heterocycles. The summed E-state index contributed by atoms with van der Waals surface area (Å²) < 4.78 is 6.30. The molecule has 0 radical (unpaired) electrons. The van der Waals surface area contributed by atoms with Gasteiger partial charge in [0, 0.05) is 19.7 Å². The second-order valence-electron chi connectivity index (χ2n) is 7.92. The third kappa shape index (κ3) is 4.09. The number of nitrogens with zero attached hydrogens (tertiary/aromatic N) is 3. The molecule has 1 unspecified atom stereocenters. The number of amides is 2. The van der Waals surface area contributed by atoms with Crippen molar-refractivity contribution >= 4 is 11.7 Å². The Morgan fingerprint density at radius 1 is 1.07 bits per heavy atom. The number of carbonyl (C=O) groups is 1. The van der Waals surface area contributed by atoms with Crippen LogP contribution in [0.2, 0.25) is 0 Å². The van der Waals surface area contributed by atoms with Crippen molar-refractivity contribution in [2.45, 2.75) is 53.6 Å². The Labute approximate surface area is 174 Å². The molecule has 1 fully saturated rings. The van der Waals surface area contributed by atoms with Gasteiger partial charge in [0.2, 0.25) is 0 Å². The summed E-state index contributed by atoms with van der Waals surface area (Å²) >= 11 is 0. The molecule has 2 aromatic rings. The number of anilines is 1. The maximum absolute atomic E-state index is 12.7. The Bertz CT molecular complexity index is 912. The number of ether oxygens (including phenoxy) is 1. The summed E-state index contributed by atoms with van der Waals surface area (Å²) in [6.07, 6.45) is 1.01. The fourth-order valence-electron chi connectivity index (χ4n) is 3.71. The normalized spacial score (nSPS) is 15.9. The molecule has 0 spiro atoms. The Morgan fingerprint density at radius 2 is 1.76 bits per heavy atom. The number of carbonyl (C=O) groups excluding carboxylic acids is 1. The van der Waals surface area contributed by atoms with Gasteiger partial charge in [-0.25, -0.2) is 14.8 Å². The van der Waals surface area contributed by atoms with Crippen LogP contribution in [0, 0.1) is 20.8 Å². The zero-order chi connectivity index (χ0) is 21.3. The number of rotatable bonds is 6. The largest absolute Gasteiger partial charge is 0.489 e. The predicted octanol–water partition coefficient (Wildman–Crippen LogP) is 4.84. The highest BCUT2D eigenvalue weighted by atomic mass is 16.5. The molecule has 1 N–H and O–H groups in total. The summed E-state index contributed by atoms with van der Waals surface area (Å²) in [5.41, 5.74) is 9.68. The molecule has 1 saturated heterocycles. The van der Waals surface area contributed by atoms with E-state index >= 15 is 0 Å². The molecule has 156 valence electrons. The van der Waals surface area contributed by atoms with Crippen molar-refractivity contribution in [1.29, 1.82) is 0 Å². The third-order valence-electron chi connectivity index (χ3n) is 5.79. The lowest BCUT2D eigenvalue weighted by Gasteiger charge is -2.26. The van der Waals surface area contributed by atoms with Gasteiger partial charge < -0.3 is 4.74 Å². The van der Waals surface area contributed by atoms with Crippen molar-refractivity contribution in [1.82, 2.24) is 15.7 Å². The van der Waals surface area contributed by atoms with Gasteiger partial charge in [0.1, 0.15) is 12.4 Å². The van der Waals surface area contributed by atoms with Gasteiger partial charge in [-0.15, -0.1) is 10.7 Å². The molecule has 2 amide bonds. The minimum atomic E-state index is -0.127. The van der Waals surface area contributed by atoms with Crippen LogP contribution in [0.15, 0.2) is 30.3 Å². The van der Waals surface area contributed by atoms with Gasteiger partial charge in [-0.1, -0.05) is 32.0 Å². The van der Waals surface area contributed by atoms with E-state index in [1.165, 1.54) is 21.7 Å². The summed E-state index contributed by atoms with van der Waals surface area (Å²) in [7, 11) is 3.54. The molecule has 0 aromatic heterocycles. The molecule has 1 aliphatic rings. The Kier molecular flexibility index (Phi) is 6.15. The number of benzene rings is 2. The number of hydrogen-bond acceptors (Lipinski definition) is 4. The molecule has 3 rings (SSSR count). The number of nitrogens with one attached hydrogen (secondary N) is 1. The summed E-state index contributed by atoms with van der Waals surface area (Å²) in [6.45, 7) is 11.1. The molecule has 2 aromatic carbocycles. The van der Waals surface area contributed by atoms with Crippen molar-refractivity contribution in [2.24, 2.45) is 0 Å². The Morgan fingerprint density at radius 3 is 2.38 bits per heavy atom. The predicted molar refractivity (Wildman–Crippen MR) is 117 cm³/mol. The monoisotopic (exact) mass is 396 g/mol. The fourth-order valence-corrected chi connectivity index (χ4v) is 3.71. The van der Waals surface area contributed by atoms with Crippen molar-refractivity contribution < 1.29 is 9.53 Å². The Balaban J connectivity index is 2.02. The second kappa shape index (κ2) is 8.43. The minimum absolute atomic E-state index is 0.127. The Hall–Kier alpha value is -2.57. The lowest BCUT2D eigenvalue weighted by molar-refractivity contribution is 0.167. The van der Waals surface area contributed by atoms with Crippen LogP contribution in [0.25, 0.3) is 0 Å². The second-order valence-corrected chi connectivity index (χ2v) is 7.92. The highest BCUT2D eigenvalue weighted by molar-refractivity contribution is 5.93. The molecule has 1 heterocycles. The summed E-state index contributed by atoms with van der Waals surface area (Å²) in [6, 6.07) is 10.3. The number of urea groups is 1. The van der Waals surface area contributed by atoms with E-state index in [1.54, 1.807) is 17.2 Å². The standard InChI is InChI=1S/C23H32N4O2/c1-8-15(2)19-10-9-11-21(27-23(28)25(6)24-26(27)7)20(19)14-29-22-13-17(4)16(3)12-18(22)5/h9-13,15,24H,8,14H2,1-7H3. The van der Waals surface area contributed by atoms with E-state index in [9.17, 15) is 4.79 Å². The van der Waals surface area contributed by atoms with Crippen LogP contribution in [0.5, 0.6) is 5.75 Å². The van der Waals surface area contributed by atoms with Crippen molar-refractivity contribution in [2.75, 3.05) is 19.1 Å². The molecule has 0 saturated carbocycles. The van der Waals surface area contributed by atoms with Gasteiger partial charge in [0.25, 0.3) is 0 Å². The third-order valence-corrected chi connectivity index (χ3v) is 5.79. The topological polar surface area (TPSA) is 48.1 Å². The molecule has 1 atom stereocenters. The molecule has 0 bridgehead atoms. The average molecular weight is 397 g/mol. The van der Waals surface area contributed by atoms with Crippen LogP contribution in [0.1, 0.15) is 54.0 Å². The van der Waals surface area contributed by atoms with Gasteiger partial charge in [-0.3, -0.25) is 0 Å². The summed E-state index contributed by atoms with van der Waals surface area (Å²) in [4.78, 5) is 12.7. The summed E-state index contributed by atoms with van der Waals surface area (Å²) in [5, 5.41) is 4.81. The van der Waals surface area contributed by atoms with E-state index in [0.29, 0.717) is 12.5 Å². The molecule has 29 heavy (non-hydrogen) atoms. The van der Waals surface area contributed by atoms with E-state index in [4.69, 9.17) is 4.74 Å². The minimum Gasteiger partial charge on any atom is -0.489 e. The smallest absolute Gasteiger partial charge is 0.355 e. The van der Waals surface area contributed by atoms with Gasteiger partial charge in [0.05, 0.1) is 5.69 Å². The van der Waals surface area contributed by atoms with E-state index in [0.717, 1.165) is 29.0 Å². The number of aryl methyl sites for hydroxylation is 3. The molecule has 6 heteroatoms. The highest BCUT2D eigenvalue weighted by Gasteiger charge is 2.34. The number of hydrogen-bond donors (Lipinski definition) is 1. The first-order valence-corrected chi connectivity index (χ1v) is 10.1. The van der Waals surface area contributed by atoms with Gasteiger partial charge in [0.15, 0.2) is 0 Å². The van der Waals surface area contributed by atoms with Gasteiger partial charge >= 0.3 is 6.03 Å². The fraction of sp³-hybridized carbons (Fsp3) is 0.435. The first kappa shape index (κ1) is 21.1. The van der Waals surface area contributed by atoms with Crippen LogP contribution < -0.4 is 15.3 Å². The van der Waals surface area contributed by atoms with Crippen molar-refractivity contribution in [3.8, 4) is 5.75 Å². The lowest BCUT2D eigenvalue weighted by atomic mass is 9.92. The molecular weight excluding hydrogens is 364 g/mol. The van der Waals surface area contributed by atoms with E-state index in [1.807, 2.05) is 19.2 Å². The average Bonchev–Trinajstić information content (AvgIpc) is 2.94. The van der Waals surface area contributed by atoms with Crippen LogP contribution in [0.4, 0.5) is 10.5 Å². The summed E-state index contributed by atoms with van der Waals surface area (Å²) in [5.74, 6) is 1.25. The van der Waals surface area contributed by atoms with Crippen LogP contribution in [0.3, 0.4) is 0 Å². The van der Waals surface area contributed by atoms with Crippen molar-refractivity contribution in [3.63, 3.8) is 0 Å². The molecule has 0 aliphatic carbocycles. The van der Waals surface area contributed by atoms with Crippen molar-refractivity contribution in [3.05, 3.63) is 58.1 Å². The molecular formula is C23H32N4O2. The van der Waals surface area contributed by atoms with Gasteiger partial charge in [-0.2, -0.15) is 0 Å². The van der Waals surface area contributed by atoms with E-state index < -0.39 is 0 Å². The maximum atomic E-state index is 12.7. The highest BCUT2D eigenvalue weighted by Crippen LogP contribution is 2.34. The quantitative estimate of drug-likeness (QED) is 0.759. The zero-order valence-electron chi connectivity index (χ0n) is 18.5. The van der Waals surface area contributed by atoms with E-state index in [-0.39, 0.29) is 6.03 Å². The maximum Gasteiger partial charge on any atom is 0.355 e. The lowest BCUT2D eigenvalue weighted by Crippen LogP contribution is -2.40. The van der Waals surface area contributed by atoms with Crippen LogP contribution in [-0.4, -0.2) is 30.3 Å². The van der Waals surface area contributed by atoms with Crippen LogP contribution in [-0.2, 0) is 6.61 Å². The SMILES string of the molecule is CCC(C)c1cccc(N2C(=O)N(C)NN2C)c1COc1cc(C)c(C)cc1C. The van der Waals surface area contributed by atoms with E-state index in [2.05, 4.69) is 58.4 Å². The van der Waals surface area contributed by atoms with Crippen LogP contribution >= 0.6 is 0 Å². The first-order valence-electron chi connectivity index (χ1n) is 10.1. The zero-order valence-corrected chi connectivity index (χ0v) is 18.5. The molecule has 6 nitrogen and oxygen atoms in total. The van der Waals surface area contributed by atoms with Gasteiger partial charge in [-0.05, 0) is 67.5 Å². The first-order chi connectivity index (χ1) is 13.7. The number of hydrazine groups is 3.